The summed E-state index contributed by atoms with van der Waals surface area (Å²) in [6.45, 7) is 1.93. The van der Waals surface area contributed by atoms with Crippen LogP contribution in [-0.4, -0.2) is 34.5 Å². The van der Waals surface area contributed by atoms with E-state index < -0.39 is 5.91 Å². The Kier molecular flexibility index (Phi) is 5.49. The number of nitrogens with zero attached hydrogens (tertiary/aromatic N) is 3. The summed E-state index contributed by atoms with van der Waals surface area (Å²) < 4.78 is 13.7. The zero-order chi connectivity index (χ0) is 24.7. The van der Waals surface area contributed by atoms with Gasteiger partial charge in [0.25, 0.3) is 11.5 Å². The molecule has 5 aromatic rings. The van der Waals surface area contributed by atoms with Crippen LogP contribution in [0.25, 0.3) is 27.5 Å². The normalized spacial score (nSPS) is 11.1. The number of carbonyl (C=O) groups excluding carboxylic acids is 1. The summed E-state index contributed by atoms with van der Waals surface area (Å²) in [6.07, 6.45) is 0. The van der Waals surface area contributed by atoms with E-state index in [1.165, 1.54) is 4.68 Å². The number of ether oxygens (including phenoxy) is 2. The monoisotopic (exact) mass is 468 g/mol. The Labute approximate surface area is 201 Å². The first-order valence-electron chi connectivity index (χ1n) is 11.0. The smallest absolute Gasteiger partial charge is 0.296 e. The second kappa shape index (κ2) is 8.64. The molecular weight excluding hydrogens is 444 g/mol. The van der Waals surface area contributed by atoms with Gasteiger partial charge < -0.3 is 19.4 Å². The minimum absolute atomic E-state index is 0.135. The first kappa shape index (κ1) is 22.2. The second-order valence-electron chi connectivity index (χ2n) is 8.22. The van der Waals surface area contributed by atoms with Crippen LogP contribution in [0.15, 0.2) is 71.5 Å². The van der Waals surface area contributed by atoms with Gasteiger partial charge in [-0.05, 0) is 55.0 Å². The molecule has 8 heteroatoms. The molecule has 0 saturated heterocycles. The predicted molar refractivity (Wildman–Crippen MR) is 136 cm³/mol. The number of aryl methyl sites for hydroxylation is 2. The maximum absolute atomic E-state index is 13.7. The van der Waals surface area contributed by atoms with E-state index in [0.717, 1.165) is 16.5 Å². The number of fused-ring (bicyclic) bond motifs is 3. The lowest BCUT2D eigenvalue weighted by Gasteiger charge is -2.13. The standard InChI is InChI=1S/C27H24N4O4/c1-16-9-14-22(35-4)20(15-16)28-26(32)24-23-19-7-5-6-8-21(19)30(2)25(23)27(33)31(29-24)17-10-12-18(34-3)13-11-17/h5-15H,1-4H3,(H,28,32). The van der Waals surface area contributed by atoms with Gasteiger partial charge in [-0.3, -0.25) is 9.59 Å². The van der Waals surface area contributed by atoms with E-state index >= 15 is 0 Å². The first-order valence-corrected chi connectivity index (χ1v) is 11.0. The zero-order valence-corrected chi connectivity index (χ0v) is 19.8. The molecule has 0 radical (unpaired) electrons. The molecule has 0 unspecified atom stereocenters. The van der Waals surface area contributed by atoms with Gasteiger partial charge in [0, 0.05) is 23.3 Å². The van der Waals surface area contributed by atoms with Crippen molar-refractivity contribution in [3.05, 3.63) is 88.3 Å². The topological polar surface area (TPSA) is 87.4 Å². The van der Waals surface area contributed by atoms with Crippen LogP contribution >= 0.6 is 0 Å². The molecule has 0 aliphatic heterocycles. The van der Waals surface area contributed by atoms with Gasteiger partial charge in [0.1, 0.15) is 17.0 Å². The fraction of sp³-hybridized carbons (Fsp3) is 0.148. The van der Waals surface area contributed by atoms with Gasteiger partial charge in [0.05, 0.1) is 25.6 Å². The molecule has 2 aromatic heterocycles. The maximum Gasteiger partial charge on any atom is 0.296 e. The third kappa shape index (κ3) is 3.69. The van der Waals surface area contributed by atoms with Crippen molar-refractivity contribution in [1.29, 1.82) is 0 Å². The lowest BCUT2D eigenvalue weighted by atomic mass is 10.1. The van der Waals surface area contributed by atoms with Gasteiger partial charge in [-0.15, -0.1) is 0 Å². The average molecular weight is 469 g/mol. The van der Waals surface area contributed by atoms with Crippen LogP contribution in [0.3, 0.4) is 0 Å². The number of aromatic nitrogens is 3. The number of amides is 1. The SMILES string of the molecule is COc1ccc(-n2nc(C(=O)Nc3cc(C)ccc3OC)c3c4ccccc4n(C)c3c2=O)cc1. The molecule has 0 aliphatic carbocycles. The molecular formula is C27H24N4O4. The van der Waals surface area contributed by atoms with E-state index in [9.17, 15) is 9.59 Å². The van der Waals surface area contributed by atoms with Gasteiger partial charge in [0.15, 0.2) is 5.69 Å². The van der Waals surface area contributed by atoms with E-state index in [1.807, 2.05) is 50.4 Å². The Bertz CT molecular complexity index is 1650. The highest BCUT2D eigenvalue weighted by molar-refractivity contribution is 6.19. The van der Waals surface area contributed by atoms with Crippen molar-refractivity contribution in [3.63, 3.8) is 0 Å². The Morgan fingerprint density at radius 2 is 1.71 bits per heavy atom. The average Bonchev–Trinajstić information content (AvgIpc) is 3.18. The van der Waals surface area contributed by atoms with E-state index in [2.05, 4.69) is 10.4 Å². The quantitative estimate of drug-likeness (QED) is 0.412. The van der Waals surface area contributed by atoms with Crippen molar-refractivity contribution < 1.29 is 14.3 Å². The number of rotatable bonds is 5. The number of carbonyl (C=O) groups is 1. The third-order valence-electron chi connectivity index (χ3n) is 6.07. The second-order valence-corrected chi connectivity index (χ2v) is 8.22. The molecule has 5 rings (SSSR count). The van der Waals surface area contributed by atoms with E-state index in [4.69, 9.17) is 9.47 Å². The summed E-state index contributed by atoms with van der Waals surface area (Å²) in [6, 6.07) is 20.0. The van der Waals surface area contributed by atoms with E-state index in [0.29, 0.717) is 33.8 Å². The molecule has 0 spiro atoms. The minimum atomic E-state index is -0.447. The fourth-order valence-corrected chi connectivity index (χ4v) is 4.34. The highest BCUT2D eigenvalue weighted by atomic mass is 16.5. The first-order chi connectivity index (χ1) is 16.9. The van der Waals surface area contributed by atoms with E-state index in [-0.39, 0.29) is 11.3 Å². The number of hydrogen-bond donors (Lipinski definition) is 1. The highest BCUT2D eigenvalue weighted by Gasteiger charge is 2.24. The summed E-state index contributed by atoms with van der Waals surface area (Å²) >= 11 is 0. The largest absolute Gasteiger partial charge is 0.497 e. The number of nitrogens with one attached hydrogen (secondary N) is 1. The number of para-hydroxylation sites is 1. The van der Waals surface area contributed by atoms with Crippen molar-refractivity contribution in [2.24, 2.45) is 7.05 Å². The van der Waals surface area contributed by atoms with Crippen LogP contribution in [-0.2, 0) is 7.05 Å². The number of hydrogen-bond acceptors (Lipinski definition) is 5. The molecule has 2 heterocycles. The maximum atomic E-state index is 13.7. The Balaban J connectivity index is 1.78. The molecule has 1 amide bonds. The molecule has 35 heavy (non-hydrogen) atoms. The fourth-order valence-electron chi connectivity index (χ4n) is 4.34. The Morgan fingerprint density at radius 3 is 2.43 bits per heavy atom. The van der Waals surface area contributed by atoms with Crippen molar-refractivity contribution in [1.82, 2.24) is 14.3 Å². The van der Waals surface area contributed by atoms with Gasteiger partial charge in [-0.1, -0.05) is 24.3 Å². The van der Waals surface area contributed by atoms with E-state index in [1.54, 1.807) is 49.1 Å². The summed E-state index contributed by atoms with van der Waals surface area (Å²) in [4.78, 5) is 27.3. The van der Waals surface area contributed by atoms with Crippen molar-refractivity contribution in [2.75, 3.05) is 19.5 Å². The summed E-state index contributed by atoms with van der Waals surface area (Å²) in [5.74, 6) is 0.732. The Hall–Kier alpha value is -4.59. The number of methoxy groups -OCH3 is 2. The molecule has 0 saturated carbocycles. The number of anilines is 1. The summed E-state index contributed by atoms with van der Waals surface area (Å²) in [7, 11) is 4.93. The van der Waals surface area contributed by atoms with Crippen LogP contribution in [0.4, 0.5) is 5.69 Å². The molecule has 0 bridgehead atoms. The lowest BCUT2D eigenvalue weighted by Crippen LogP contribution is -2.27. The molecule has 0 fully saturated rings. The van der Waals surface area contributed by atoms with Gasteiger partial charge in [-0.25, -0.2) is 0 Å². The molecule has 3 aromatic carbocycles. The molecule has 0 aliphatic rings. The van der Waals surface area contributed by atoms with Crippen molar-refractivity contribution in [3.8, 4) is 17.2 Å². The van der Waals surface area contributed by atoms with Crippen LogP contribution in [0.5, 0.6) is 11.5 Å². The van der Waals surface area contributed by atoms with Crippen molar-refractivity contribution >= 4 is 33.4 Å². The summed E-state index contributed by atoms with van der Waals surface area (Å²) in [5.41, 5.74) is 3.03. The van der Waals surface area contributed by atoms with Crippen molar-refractivity contribution in [2.45, 2.75) is 6.92 Å². The minimum Gasteiger partial charge on any atom is -0.497 e. The lowest BCUT2D eigenvalue weighted by molar-refractivity contribution is 0.102. The third-order valence-corrected chi connectivity index (χ3v) is 6.07. The predicted octanol–water partition coefficient (Wildman–Crippen LogP) is 4.46. The highest BCUT2D eigenvalue weighted by Crippen LogP contribution is 2.30. The molecule has 8 nitrogen and oxygen atoms in total. The summed E-state index contributed by atoms with van der Waals surface area (Å²) in [5, 5.41) is 8.77. The Morgan fingerprint density at radius 1 is 0.971 bits per heavy atom. The van der Waals surface area contributed by atoms with Crippen LogP contribution in [0, 0.1) is 6.92 Å². The van der Waals surface area contributed by atoms with Crippen LogP contribution < -0.4 is 20.3 Å². The van der Waals surface area contributed by atoms with Gasteiger partial charge in [-0.2, -0.15) is 9.78 Å². The van der Waals surface area contributed by atoms with Gasteiger partial charge in [0.2, 0.25) is 0 Å². The molecule has 176 valence electrons. The zero-order valence-electron chi connectivity index (χ0n) is 19.8. The number of benzene rings is 3. The van der Waals surface area contributed by atoms with Crippen LogP contribution in [0.2, 0.25) is 0 Å². The molecule has 0 atom stereocenters. The van der Waals surface area contributed by atoms with Crippen LogP contribution in [0.1, 0.15) is 16.1 Å². The molecule has 1 N–H and O–H groups in total. The van der Waals surface area contributed by atoms with Gasteiger partial charge >= 0.3 is 0 Å².